The Hall–Kier alpha value is -2.05. The van der Waals surface area contributed by atoms with E-state index in [4.69, 9.17) is 0 Å². The fourth-order valence-electron chi connectivity index (χ4n) is 0.960. The Kier molecular flexibility index (Phi) is 4.08. The summed E-state index contributed by atoms with van der Waals surface area (Å²) >= 11 is 0. The van der Waals surface area contributed by atoms with E-state index in [0.717, 1.165) is 19.2 Å². The molecule has 0 atom stereocenters. The maximum atomic E-state index is 13.2. The van der Waals surface area contributed by atoms with Crippen molar-refractivity contribution in [3.63, 3.8) is 0 Å². The van der Waals surface area contributed by atoms with Crippen LogP contribution in [0.4, 0.5) is 13.2 Å². The minimum atomic E-state index is -2.84. The van der Waals surface area contributed by atoms with Gasteiger partial charge >= 0.3 is 11.9 Å². The number of rotatable bonds is 2. The fourth-order valence-corrected chi connectivity index (χ4v) is 0.960. The number of hydrogen-bond acceptors (Lipinski definition) is 4. The van der Waals surface area contributed by atoms with Gasteiger partial charge in [-0.05, 0) is 18.2 Å². The van der Waals surface area contributed by atoms with Gasteiger partial charge in [0.15, 0.2) is 11.6 Å². The van der Waals surface area contributed by atoms with Gasteiger partial charge in [-0.3, -0.25) is 0 Å². The summed E-state index contributed by atoms with van der Waals surface area (Å²) in [5, 5.41) is 0. The molecule has 0 heterocycles. The van der Waals surface area contributed by atoms with Gasteiger partial charge in [0, 0.05) is 5.56 Å². The highest BCUT2D eigenvalue weighted by molar-refractivity contribution is 6.30. The van der Waals surface area contributed by atoms with Crippen LogP contribution in [-0.4, -0.2) is 19.0 Å². The van der Waals surface area contributed by atoms with Crippen LogP contribution in [0, 0.1) is 5.82 Å². The lowest BCUT2D eigenvalue weighted by atomic mass is 10.2. The van der Waals surface area contributed by atoms with Crippen LogP contribution in [0.3, 0.4) is 0 Å². The zero-order chi connectivity index (χ0) is 13.0. The van der Waals surface area contributed by atoms with E-state index < -0.39 is 35.5 Å². The van der Waals surface area contributed by atoms with Crippen LogP contribution in [0.1, 0.15) is 12.0 Å². The molecule has 1 aromatic rings. The van der Waals surface area contributed by atoms with E-state index in [0.29, 0.717) is 6.07 Å². The Morgan fingerprint density at radius 3 is 2.35 bits per heavy atom. The molecule has 0 unspecified atom stereocenters. The van der Waals surface area contributed by atoms with Crippen molar-refractivity contribution in [1.29, 1.82) is 0 Å². The number of alkyl halides is 2. The smallest absolute Gasteiger partial charge is 0.422 e. The summed E-state index contributed by atoms with van der Waals surface area (Å²) in [6.07, 6.45) is -2.84. The van der Waals surface area contributed by atoms with Gasteiger partial charge < -0.3 is 9.47 Å². The number of esters is 2. The summed E-state index contributed by atoms with van der Waals surface area (Å²) in [5.74, 6) is -4.54. The zero-order valence-corrected chi connectivity index (χ0v) is 8.58. The fraction of sp³-hybridized carbons (Fsp3) is 0.200. The number of carbonyl (C=O) groups is 2. The number of carbonyl (C=O) groups excluding carboxylic acids is 2. The largest absolute Gasteiger partial charge is 0.461 e. The van der Waals surface area contributed by atoms with Gasteiger partial charge in [0.1, 0.15) is 0 Å². The average Bonchev–Trinajstić information content (AvgIpc) is 2.30. The molecule has 0 aromatic heterocycles. The van der Waals surface area contributed by atoms with Gasteiger partial charge in [-0.2, -0.15) is 0 Å². The van der Waals surface area contributed by atoms with E-state index in [1.807, 2.05) is 0 Å². The number of hydrogen-bond donors (Lipinski definition) is 0. The van der Waals surface area contributed by atoms with Crippen LogP contribution in [0.5, 0.6) is 5.75 Å². The monoisotopic (exact) mass is 248 g/mol. The van der Waals surface area contributed by atoms with Crippen LogP contribution < -0.4 is 4.74 Å². The number of halogens is 3. The van der Waals surface area contributed by atoms with Crippen molar-refractivity contribution in [3.8, 4) is 5.75 Å². The Morgan fingerprint density at radius 1 is 1.24 bits per heavy atom. The molecule has 0 spiro atoms. The topological polar surface area (TPSA) is 52.6 Å². The zero-order valence-electron chi connectivity index (χ0n) is 8.58. The van der Waals surface area contributed by atoms with Gasteiger partial charge in [0.2, 0.25) is 0 Å². The Bertz CT molecular complexity index is 445. The molecule has 92 valence electrons. The average molecular weight is 248 g/mol. The van der Waals surface area contributed by atoms with Crippen molar-refractivity contribution in [2.24, 2.45) is 0 Å². The van der Waals surface area contributed by atoms with Crippen LogP contribution >= 0.6 is 0 Å². The van der Waals surface area contributed by atoms with Crippen molar-refractivity contribution < 1.29 is 32.2 Å². The lowest BCUT2D eigenvalue weighted by Crippen LogP contribution is -2.22. The van der Waals surface area contributed by atoms with E-state index in [1.54, 1.807) is 0 Å². The number of benzene rings is 1. The summed E-state index contributed by atoms with van der Waals surface area (Å²) in [6, 6.07) is 2.23. The summed E-state index contributed by atoms with van der Waals surface area (Å²) in [7, 11) is 0.944. The molecule has 0 bridgehead atoms. The Morgan fingerprint density at radius 2 is 1.88 bits per heavy atom. The predicted octanol–water partition coefficient (Wildman–Crippen LogP) is 1.84. The SMILES string of the molecule is COC(=O)C(=O)Oc1ccc(C(F)F)cc1F. The predicted molar refractivity (Wildman–Crippen MR) is 49.0 cm³/mol. The quantitative estimate of drug-likeness (QED) is 0.455. The highest BCUT2D eigenvalue weighted by Gasteiger charge is 2.19. The third kappa shape index (κ3) is 3.20. The second kappa shape index (κ2) is 5.33. The molecule has 1 rings (SSSR count). The van der Waals surface area contributed by atoms with Crippen molar-refractivity contribution in [3.05, 3.63) is 29.6 Å². The van der Waals surface area contributed by atoms with Crippen LogP contribution in [0.15, 0.2) is 18.2 Å². The van der Waals surface area contributed by atoms with Gasteiger partial charge in [-0.1, -0.05) is 0 Å². The molecule has 0 saturated carbocycles. The summed E-state index contributed by atoms with van der Waals surface area (Å²) < 4.78 is 45.9. The van der Waals surface area contributed by atoms with E-state index in [9.17, 15) is 22.8 Å². The molecule has 0 amide bonds. The minimum Gasteiger partial charge on any atom is -0.461 e. The molecule has 0 saturated heterocycles. The molecule has 4 nitrogen and oxygen atoms in total. The minimum absolute atomic E-state index is 0.518. The highest BCUT2D eigenvalue weighted by Crippen LogP contribution is 2.24. The van der Waals surface area contributed by atoms with Crippen molar-refractivity contribution in [1.82, 2.24) is 0 Å². The first-order chi connectivity index (χ1) is 7.95. The van der Waals surface area contributed by atoms with Gasteiger partial charge in [-0.25, -0.2) is 22.8 Å². The van der Waals surface area contributed by atoms with E-state index in [1.165, 1.54) is 0 Å². The molecule has 0 aliphatic heterocycles. The second-order valence-electron chi connectivity index (χ2n) is 2.87. The molecule has 0 N–H and O–H groups in total. The molecule has 0 radical (unpaired) electrons. The van der Waals surface area contributed by atoms with Crippen molar-refractivity contribution >= 4 is 11.9 Å². The standard InChI is InChI=1S/C10H7F3O4/c1-16-9(14)10(15)17-7-3-2-5(8(12)13)4-6(7)11/h2-4,8H,1H3. The third-order valence-electron chi connectivity index (χ3n) is 1.76. The van der Waals surface area contributed by atoms with E-state index in [-0.39, 0.29) is 0 Å². The Labute approximate surface area is 93.9 Å². The maximum Gasteiger partial charge on any atom is 0.422 e. The van der Waals surface area contributed by atoms with Gasteiger partial charge in [0.25, 0.3) is 6.43 Å². The maximum absolute atomic E-state index is 13.2. The third-order valence-corrected chi connectivity index (χ3v) is 1.76. The molecule has 0 aliphatic rings. The van der Waals surface area contributed by atoms with Crippen LogP contribution in [0.2, 0.25) is 0 Å². The normalized spacial score (nSPS) is 10.2. The first-order valence-electron chi connectivity index (χ1n) is 4.33. The molecule has 17 heavy (non-hydrogen) atoms. The first-order valence-corrected chi connectivity index (χ1v) is 4.33. The molecular weight excluding hydrogens is 241 g/mol. The molecule has 0 fully saturated rings. The van der Waals surface area contributed by atoms with Crippen molar-refractivity contribution in [2.75, 3.05) is 7.11 Å². The second-order valence-corrected chi connectivity index (χ2v) is 2.87. The Balaban J connectivity index is 2.86. The molecular formula is C10H7F3O4. The molecule has 1 aromatic carbocycles. The summed E-state index contributed by atoms with van der Waals surface area (Å²) in [5.41, 5.74) is -0.555. The van der Waals surface area contributed by atoms with Crippen molar-refractivity contribution in [2.45, 2.75) is 6.43 Å². The van der Waals surface area contributed by atoms with Gasteiger partial charge in [-0.15, -0.1) is 0 Å². The van der Waals surface area contributed by atoms with E-state index in [2.05, 4.69) is 9.47 Å². The lowest BCUT2D eigenvalue weighted by molar-refractivity contribution is -0.160. The first kappa shape index (κ1) is 13.0. The summed E-state index contributed by atoms with van der Waals surface area (Å²) in [4.78, 5) is 21.6. The molecule has 0 aliphatic carbocycles. The lowest BCUT2D eigenvalue weighted by Gasteiger charge is -2.05. The molecule has 7 heteroatoms. The summed E-state index contributed by atoms with van der Waals surface area (Å²) in [6.45, 7) is 0. The van der Waals surface area contributed by atoms with Crippen LogP contribution in [-0.2, 0) is 14.3 Å². The van der Waals surface area contributed by atoms with Gasteiger partial charge in [0.05, 0.1) is 7.11 Å². The number of methoxy groups -OCH3 is 1. The number of ether oxygens (including phenoxy) is 2. The van der Waals surface area contributed by atoms with E-state index >= 15 is 0 Å². The van der Waals surface area contributed by atoms with Crippen LogP contribution in [0.25, 0.3) is 0 Å². The highest BCUT2D eigenvalue weighted by atomic mass is 19.3.